The number of aliphatic hydroxyl groups excluding tert-OH is 1. The number of β-amino-alcohol motifs (C(OH)–C–C–N with tert-alkyl or cyclic N) is 1. The predicted octanol–water partition coefficient (Wildman–Crippen LogP) is 1.94. The van der Waals surface area contributed by atoms with Crippen LogP contribution in [0.5, 0.6) is 0 Å². The van der Waals surface area contributed by atoms with Crippen LogP contribution in [-0.4, -0.2) is 78.7 Å². The molecule has 3 aromatic heterocycles. The molecule has 8 heteroatoms. The van der Waals surface area contributed by atoms with Crippen molar-refractivity contribution in [3.05, 3.63) is 54.2 Å². The minimum atomic E-state index is -0.204. The van der Waals surface area contributed by atoms with Crippen LogP contribution in [0.15, 0.2) is 43.1 Å². The van der Waals surface area contributed by atoms with Crippen LogP contribution in [0.4, 0.5) is 0 Å². The summed E-state index contributed by atoms with van der Waals surface area (Å²) in [5, 5.41) is 9.95. The fourth-order valence-electron chi connectivity index (χ4n) is 4.80. The molecule has 1 unspecified atom stereocenters. The Kier molecular flexibility index (Phi) is 5.65. The molecular formula is C23H28N6O2. The highest BCUT2D eigenvalue weighted by molar-refractivity contribution is 5.96. The van der Waals surface area contributed by atoms with Gasteiger partial charge in [-0.1, -0.05) is 6.07 Å². The summed E-state index contributed by atoms with van der Waals surface area (Å²) in [4.78, 5) is 30.6. The molecule has 5 rings (SSSR count). The van der Waals surface area contributed by atoms with Crippen LogP contribution in [0, 0.1) is 0 Å². The maximum absolute atomic E-state index is 13.1. The number of aliphatic hydroxyl groups is 1. The van der Waals surface area contributed by atoms with E-state index in [0.29, 0.717) is 18.2 Å². The zero-order valence-corrected chi connectivity index (χ0v) is 17.6. The molecular weight excluding hydrogens is 392 g/mol. The van der Waals surface area contributed by atoms with E-state index in [2.05, 4.69) is 19.9 Å². The summed E-state index contributed by atoms with van der Waals surface area (Å²) in [7, 11) is 0. The Morgan fingerprint density at radius 1 is 1.13 bits per heavy atom. The van der Waals surface area contributed by atoms with Crippen LogP contribution in [0.3, 0.4) is 0 Å². The molecule has 0 bridgehead atoms. The maximum atomic E-state index is 13.1. The predicted molar refractivity (Wildman–Crippen MR) is 117 cm³/mol. The number of carbonyl (C=O) groups excluding carboxylic acids is 1. The highest BCUT2D eigenvalue weighted by atomic mass is 16.3. The van der Waals surface area contributed by atoms with E-state index in [1.807, 2.05) is 33.9 Å². The lowest BCUT2D eigenvalue weighted by Gasteiger charge is -2.41. The molecule has 8 nitrogen and oxygen atoms in total. The van der Waals surface area contributed by atoms with E-state index in [1.54, 1.807) is 18.7 Å². The Bertz CT molecular complexity index is 1040. The van der Waals surface area contributed by atoms with Crippen LogP contribution in [0.25, 0.3) is 11.2 Å². The molecule has 2 aliphatic rings. The van der Waals surface area contributed by atoms with Crippen molar-refractivity contribution in [2.24, 2.45) is 0 Å². The van der Waals surface area contributed by atoms with E-state index in [9.17, 15) is 9.90 Å². The standard InChI is InChI=1S/C23H28N6O2/c30-20-4-2-8-28(15-20)19-5-9-27(10-6-19)23(31)18-11-21-22(25-13-18)29(16-26-21)14-17-3-1-7-24-12-17/h1,3,7,11-13,16,19-20,30H,2,4-6,8-10,14-15H2. The first-order valence-electron chi connectivity index (χ1n) is 11.1. The third-order valence-electron chi connectivity index (χ3n) is 6.47. The van der Waals surface area contributed by atoms with E-state index in [-0.39, 0.29) is 12.0 Å². The third-order valence-corrected chi connectivity index (χ3v) is 6.47. The molecule has 1 N–H and O–H groups in total. The first-order valence-corrected chi connectivity index (χ1v) is 11.1. The number of rotatable bonds is 4. The number of nitrogens with zero attached hydrogens (tertiary/aromatic N) is 6. The van der Waals surface area contributed by atoms with Gasteiger partial charge in [-0.2, -0.15) is 0 Å². The highest BCUT2D eigenvalue weighted by Gasteiger charge is 2.30. The molecule has 1 amide bonds. The van der Waals surface area contributed by atoms with E-state index in [1.165, 1.54) is 0 Å². The third kappa shape index (κ3) is 4.31. The Labute approximate surface area is 181 Å². The minimum Gasteiger partial charge on any atom is -0.392 e. The lowest BCUT2D eigenvalue weighted by Crippen LogP contribution is -2.50. The number of likely N-dealkylation sites (tertiary alicyclic amines) is 2. The fourth-order valence-corrected chi connectivity index (χ4v) is 4.80. The molecule has 0 radical (unpaired) electrons. The second-order valence-corrected chi connectivity index (χ2v) is 8.61. The van der Waals surface area contributed by atoms with Gasteiger partial charge in [0, 0.05) is 44.3 Å². The molecule has 0 spiro atoms. The molecule has 31 heavy (non-hydrogen) atoms. The molecule has 2 saturated heterocycles. The number of amides is 1. The first kappa shape index (κ1) is 20.1. The summed E-state index contributed by atoms with van der Waals surface area (Å²) in [6.45, 7) is 3.94. The average molecular weight is 421 g/mol. The Hall–Kier alpha value is -2.84. The highest BCUT2D eigenvalue weighted by Crippen LogP contribution is 2.23. The largest absolute Gasteiger partial charge is 0.392 e. The number of hydrogen-bond donors (Lipinski definition) is 1. The van der Waals surface area contributed by atoms with Gasteiger partial charge >= 0.3 is 0 Å². The first-order chi connectivity index (χ1) is 15.2. The lowest BCUT2D eigenvalue weighted by molar-refractivity contribution is 0.0240. The van der Waals surface area contributed by atoms with E-state index in [0.717, 1.165) is 68.6 Å². The van der Waals surface area contributed by atoms with Crippen molar-refractivity contribution in [3.63, 3.8) is 0 Å². The van der Waals surface area contributed by atoms with Crippen LogP contribution >= 0.6 is 0 Å². The summed E-state index contributed by atoms with van der Waals surface area (Å²) in [6.07, 6.45) is 10.7. The van der Waals surface area contributed by atoms with Gasteiger partial charge in [-0.05, 0) is 49.9 Å². The van der Waals surface area contributed by atoms with Crippen molar-refractivity contribution in [3.8, 4) is 0 Å². The number of fused-ring (bicyclic) bond motifs is 1. The molecule has 2 aliphatic heterocycles. The SMILES string of the molecule is O=C(c1cnc2c(c1)ncn2Cc1cccnc1)N1CCC(N2CCCC(O)C2)CC1. The average Bonchev–Trinajstić information content (AvgIpc) is 3.21. The summed E-state index contributed by atoms with van der Waals surface area (Å²) >= 11 is 0. The second-order valence-electron chi connectivity index (χ2n) is 8.61. The van der Waals surface area contributed by atoms with Crippen molar-refractivity contribution in [1.29, 1.82) is 0 Å². The van der Waals surface area contributed by atoms with Gasteiger partial charge in [0.1, 0.15) is 5.52 Å². The Morgan fingerprint density at radius 3 is 2.77 bits per heavy atom. The summed E-state index contributed by atoms with van der Waals surface area (Å²) in [5.41, 5.74) is 3.16. The van der Waals surface area contributed by atoms with Crippen molar-refractivity contribution in [2.75, 3.05) is 26.2 Å². The molecule has 0 aromatic carbocycles. The molecule has 3 aromatic rings. The van der Waals surface area contributed by atoms with Crippen molar-refractivity contribution in [1.82, 2.24) is 29.3 Å². The second kappa shape index (κ2) is 8.72. The molecule has 2 fully saturated rings. The normalized spacial score (nSPS) is 20.9. The van der Waals surface area contributed by atoms with Crippen LogP contribution in [0.2, 0.25) is 0 Å². The van der Waals surface area contributed by atoms with Gasteiger partial charge in [-0.25, -0.2) is 9.97 Å². The summed E-state index contributed by atoms with van der Waals surface area (Å²) in [5.74, 6) is 0.0216. The zero-order valence-electron chi connectivity index (χ0n) is 17.6. The van der Waals surface area contributed by atoms with Crippen molar-refractivity contribution in [2.45, 2.75) is 44.4 Å². The molecule has 5 heterocycles. The van der Waals surface area contributed by atoms with Crippen molar-refractivity contribution < 1.29 is 9.90 Å². The quantitative estimate of drug-likeness (QED) is 0.694. The number of hydrogen-bond acceptors (Lipinski definition) is 6. The van der Waals surface area contributed by atoms with E-state index in [4.69, 9.17) is 0 Å². The topological polar surface area (TPSA) is 87.4 Å². The van der Waals surface area contributed by atoms with Gasteiger partial charge < -0.3 is 14.6 Å². The number of carbonyl (C=O) groups is 1. The minimum absolute atomic E-state index is 0.0216. The maximum Gasteiger partial charge on any atom is 0.255 e. The smallest absolute Gasteiger partial charge is 0.255 e. The zero-order chi connectivity index (χ0) is 21.2. The number of imidazole rings is 1. The van der Waals surface area contributed by atoms with Crippen LogP contribution in [-0.2, 0) is 6.54 Å². The van der Waals surface area contributed by atoms with E-state index < -0.39 is 0 Å². The van der Waals surface area contributed by atoms with Gasteiger partial charge in [-0.15, -0.1) is 0 Å². The Morgan fingerprint density at radius 2 is 2.00 bits per heavy atom. The number of piperidine rings is 2. The monoisotopic (exact) mass is 420 g/mol. The number of pyridine rings is 2. The van der Waals surface area contributed by atoms with Crippen molar-refractivity contribution >= 4 is 17.1 Å². The lowest BCUT2D eigenvalue weighted by atomic mass is 9.98. The summed E-state index contributed by atoms with van der Waals surface area (Å²) < 4.78 is 1.97. The van der Waals surface area contributed by atoms with E-state index >= 15 is 0 Å². The molecule has 0 aliphatic carbocycles. The van der Waals surface area contributed by atoms with Gasteiger partial charge in [0.05, 0.1) is 24.5 Å². The Balaban J connectivity index is 1.24. The molecule has 0 saturated carbocycles. The number of aromatic nitrogens is 4. The summed E-state index contributed by atoms with van der Waals surface area (Å²) in [6, 6.07) is 6.24. The van der Waals surface area contributed by atoms with Crippen LogP contribution < -0.4 is 0 Å². The van der Waals surface area contributed by atoms with Gasteiger partial charge in [0.15, 0.2) is 5.65 Å². The van der Waals surface area contributed by atoms with Crippen LogP contribution in [0.1, 0.15) is 41.6 Å². The van der Waals surface area contributed by atoms with Gasteiger partial charge in [0.25, 0.3) is 5.91 Å². The van der Waals surface area contributed by atoms with Gasteiger partial charge in [-0.3, -0.25) is 14.7 Å². The molecule has 1 atom stereocenters. The fraction of sp³-hybridized carbons (Fsp3) is 0.478. The van der Waals surface area contributed by atoms with Gasteiger partial charge in [0.2, 0.25) is 0 Å². The molecule has 162 valence electrons.